The zero-order chi connectivity index (χ0) is 40.5. The Morgan fingerprint density at radius 3 is 1.56 bits per heavy atom. The minimum absolute atomic E-state index is 0.0328. The largest absolute Gasteiger partial charge is 0.508 e. The van der Waals surface area contributed by atoms with Crippen molar-refractivity contribution in [3.63, 3.8) is 0 Å². The van der Waals surface area contributed by atoms with Gasteiger partial charge in [-0.3, -0.25) is 14.4 Å². The van der Waals surface area contributed by atoms with E-state index in [1.165, 1.54) is 60.7 Å². The maximum atomic E-state index is 14.4. The first-order valence-corrected chi connectivity index (χ1v) is 17.8. The third-order valence-electron chi connectivity index (χ3n) is 10.2. The summed E-state index contributed by atoms with van der Waals surface area (Å²) in [6, 6.07) is 29.2. The number of aromatic hydroxyl groups is 7. The van der Waals surface area contributed by atoms with E-state index in [9.17, 15) is 50.1 Å². The molecule has 4 atom stereocenters. The second-order valence-corrected chi connectivity index (χ2v) is 13.9. The quantitative estimate of drug-likeness (QED) is 0.0492. The molecule has 0 aromatic heterocycles. The SMILES string of the molecule is Cc1ccc(C(=O)/C=C/c2ccc(Oc3ccc([C@@H]4[C@@H](C(=O)c5ccc(O)cc5O)[C@H](C(=O)c5ccc(O)cc5O)[C@H]4c4ccc(O)cc4)cc3O)cc2)c(O)c1. The summed E-state index contributed by atoms with van der Waals surface area (Å²) >= 11 is 0. The molecule has 1 aliphatic carbocycles. The number of rotatable bonds is 11. The number of hydrogen-bond acceptors (Lipinski definition) is 11. The molecule has 0 heterocycles. The van der Waals surface area contributed by atoms with Gasteiger partial charge in [0.15, 0.2) is 28.8 Å². The van der Waals surface area contributed by atoms with Crippen LogP contribution in [-0.4, -0.2) is 53.1 Å². The fourth-order valence-electron chi connectivity index (χ4n) is 7.46. The van der Waals surface area contributed by atoms with E-state index in [-0.39, 0.29) is 57.0 Å². The first kappa shape index (κ1) is 37.8. The highest BCUT2D eigenvalue weighted by Crippen LogP contribution is 2.61. The van der Waals surface area contributed by atoms with Gasteiger partial charge in [0.1, 0.15) is 40.2 Å². The molecule has 7 N–H and O–H groups in total. The summed E-state index contributed by atoms with van der Waals surface area (Å²) in [5, 5.41) is 72.8. The number of hydrogen-bond donors (Lipinski definition) is 7. The van der Waals surface area contributed by atoms with Crippen molar-refractivity contribution in [3.8, 4) is 51.7 Å². The average Bonchev–Trinajstić information content (AvgIpc) is 3.15. The topological polar surface area (TPSA) is 202 Å². The molecule has 0 bridgehead atoms. The van der Waals surface area contributed by atoms with E-state index >= 15 is 0 Å². The van der Waals surface area contributed by atoms with Gasteiger partial charge in [0.25, 0.3) is 0 Å². The molecule has 0 amide bonds. The Labute approximate surface area is 326 Å². The molecule has 0 unspecified atom stereocenters. The van der Waals surface area contributed by atoms with Gasteiger partial charge in [0.05, 0.1) is 16.7 Å². The third kappa shape index (κ3) is 7.59. The summed E-state index contributed by atoms with van der Waals surface area (Å²) in [6.45, 7) is 1.81. The summed E-state index contributed by atoms with van der Waals surface area (Å²) in [4.78, 5) is 41.4. The lowest BCUT2D eigenvalue weighted by Gasteiger charge is -2.51. The lowest BCUT2D eigenvalue weighted by molar-refractivity contribution is 0.0452. The van der Waals surface area contributed by atoms with E-state index in [2.05, 4.69) is 0 Å². The number of carbonyl (C=O) groups excluding carboxylic acids is 3. The summed E-state index contributed by atoms with van der Waals surface area (Å²) in [5.74, 6) is -6.96. The number of aryl methyl sites for hydroxylation is 1. The number of ketones is 3. The zero-order valence-electron chi connectivity index (χ0n) is 30.3. The van der Waals surface area contributed by atoms with Crippen molar-refractivity contribution in [1.82, 2.24) is 0 Å². The molecule has 0 spiro atoms. The molecule has 0 radical (unpaired) electrons. The Balaban J connectivity index is 1.20. The number of phenols is 7. The van der Waals surface area contributed by atoms with Crippen LogP contribution in [0.3, 0.4) is 0 Å². The van der Waals surface area contributed by atoms with E-state index in [4.69, 9.17) is 4.74 Å². The first-order valence-electron chi connectivity index (χ1n) is 17.8. The smallest absolute Gasteiger partial charge is 0.189 e. The van der Waals surface area contributed by atoms with Gasteiger partial charge in [0.2, 0.25) is 0 Å². The molecular weight excluding hydrogens is 728 g/mol. The van der Waals surface area contributed by atoms with Gasteiger partial charge in [-0.15, -0.1) is 0 Å². The van der Waals surface area contributed by atoms with E-state index in [0.717, 1.165) is 17.7 Å². The van der Waals surface area contributed by atoms with Gasteiger partial charge in [-0.1, -0.05) is 42.5 Å². The molecule has 57 heavy (non-hydrogen) atoms. The lowest BCUT2D eigenvalue weighted by Crippen LogP contribution is -2.51. The number of ether oxygens (including phenoxy) is 1. The fourth-order valence-corrected chi connectivity index (χ4v) is 7.46. The molecule has 11 nitrogen and oxygen atoms in total. The highest BCUT2D eigenvalue weighted by atomic mass is 16.5. The second-order valence-electron chi connectivity index (χ2n) is 13.9. The molecular formula is C46H36O11. The van der Waals surface area contributed by atoms with Crippen LogP contribution >= 0.6 is 0 Å². The summed E-state index contributed by atoms with van der Waals surface area (Å²) in [5.41, 5.74) is 2.40. The number of phenolic OH excluding ortho intramolecular Hbond substituents is 7. The van der Waals surface area contributed by atoms with Crippen molar-refractivity contribution in [2.24, 2.45) is 11.8 Å². The highest BCUT2D eigenvalue weighted by Gasteiger charge is 2.58. The summed E-state index contributed by atoms with van der Waals surface area (Å²) < 4.78 is 5.98. The molecule has 1 aliphatic rings. The van der Waals surface area contributed by atoms with E-state index < -0.39 is 46.7 Å². The molecule has 1 fully saturated rings. The van der Waals surface area contributed by atoms with Gasteiger partial charge in [0, 0.05) is 35.8 Å². The van der Waals surface area contributed by atoms with Crippen molar-refractivity contribution in [2.45, 2.75) is 18.8 Å². The van der Waals surface area contributed by atoms with Crippen LogP contribution in [0.5, 0.6) is 51.7 Å². The Bertz CT molecular complexity index is 2560. The number of carbonyl (C=O) groups is 3. The molecule has 286 valence electrons. The van der Waals surface area contributed by atoms with Crippen LogP contribution in [-0.2, 0) is 0 Å². The maximum absolute atomic E-state index is 14.4. The van der Waals surface area contributed by atoms with Crippen molar-refractivity contribution in [2.75, 3.05) is 0 Å². The van der Waals surface area contributed by atoms with Gasteiger partial charge in [-0.2, -0.15) is 0 Å². The van der Waals surface area contributed by atoms with Crippen molar-refractivity contribution in [3.05, 3.63) is 166 Å². The van der Waals surface area contributed by atoms with Gasteiger partial charge in [-0.25, -0.2) is 0 Å². The monoisotopic (exact) mass is 764 g/mol. The van der Waals surface area contributed by atoms with Gasteiger partial charge in [-0.05, 0) is 108 Å². The Morgan fingerprint density at radius 1 is 0.509 bits per heavy atom. The minimum atomic E-state index is -1.16. The highest BCUT2D eigenvalue weighted by molar-refractivity contribution is 6.10. The third-order valence-corrected chi connectivity index (χ3v) is 10.2. The van der Waals surface area contributed by atoms with E-state index in [1.807, 2.05) is 6.92 Å². The van der Waals surface area contributed by atoms with Crippen LogP contribution in [0.1, 0.15) is 65.2 Å². The maximum Gasteiger partial charge on any atom is 0.189 e. The molecule has 1 saturated carbocycles. The van der Waals surface area contributed by atoms with Gasteiger partial charge >= 0.3 is 0 Å². The molecule has 11 heteroatoms. The molecule has 0 saturated heterocycles. The minimum Gasteiger partial charge on any atom is -0.508 e. The summed E-state index contributed by atoms with van der Waals surface area (Å²) in [7, 11) is 0. The normalized spacial score (nSPS) is 17.5. The molecule has 7 rings (SSSR count). The molecule has 0 aliphatic heterocycles. The van der Waals surface area contributed by atoms with E-state index in [1.54, 1.807) is 60.7 Å². The van der Waals surface area contributed by atoms with E-state index in [0.29, 0.717) is 22.4 Å². The molecule has 6 aromatic rings. The van der Waals surface area contributed by atoms with Crippen LogP contribution in [0.25, 0.3) is 6.08 Å². The summed E-state index contributed by atoms with van der Waals surface area (Å²) in [6.07, 6.45) is 2.95. The van der Waals surface area contributed by atoms with Crippen molar-refractivity contribution >= 4 is 23.4 Å². The van der Waals surface area contributed by atoms with Gasteiger partial charge < -0.3 is 40.5 Å². The Kier molecular flexibility index (Phi) is 10.1. The number of Topliss-reactive ketones (excluding diaryl/α,β-unsaturated/α-hetero) is 2. The van der Waals surface area contributed by atoms with Crippen LogP contribution in [0.15, 0.2) is 127 Å². The average molecular weight is 765 g/mol. The van der Waals surface area contributed by atoms with Crippen LogP contribution in [0.4, 0.5) is 0 Å². The Morgan fingerprint density at radius 2 is 1.02 bits per heavy atom. The zero-order valence-corrected chi connectivity index (χ0v) is 30.3. The predicted molar refractivity (Wildman–Crippen MR) is 210 cm³/mol. The number of allylic oxidation sites excluding steroid dienone is 1. The molecule has 6 aromatic carbocycles. The van der Waals surface area contributed by atoms with Crippen LogP contribution < -0.4 is 4.74 Å². The fraction of sp³-hybridized carbons (Fsp3) is 0.109. The Hall–Kier alpha value is -7.53. The van der Waals surface area contributed by atoms with Crippen LogP contribution in [0, 0.1) is 18.8 Å². The lowest BCUT2D eigenvalue weighted by atomic mass is 9.49. The number of benzene rings is 6. The van der Waals surface area contributed by atoms with Crippen LogP contribution in [0.2, 0.25) is 0 Å². The van der Waals surface area contributed by atoms with Crippen molar-refractivity contribution in [1.29, 1.82) is 0 Å². The predicted octanol–water partition coefficient (Wildman–Crippen LogP) is 8.50. The second kappa shape index (κ2) is 15.3. The first-order chi connectivity index (χ1) is 27.3. The standard InChI is InChI=1S/C46H36O11/c1-24-2-15-32(36(51)20-24)35(50)18-5-25-3-13-31(14-4-25)57-40-19-8-27(21-39(40)54)42-41(26-6-9-28(47)10-7-26)43(45(55)33-16-11-29(48)22-37(33)52)44(42)46(56)34-17-12-30(49)23-38(34)53/h2-23,41-44,47-49,51-54H,1H3/b18-5+/t41-,42-,43+,44+/m0/s1. The van der Waals surface area contributed by atoms with Crippen molar-refractivity contribution < 1.29 is 54.9 Å².